The van der Waals surface area contributed by atoms with E-state index >= 15 is 0 Å². The van der Waals surface area contributed by atoms with Gasteiger partial charge in [-0.25, -0.2) is 9.25 Å². The molecule has 2 heterocycles. The van der Waals surface area contributed by atoms with Gasteiger partial charge in [-0.1, -0.05) is 6.07 Å². The molecule has 3 rings (SSSR count). The Hall–Kier alpha value is -2.94. The molecule has 0 unspecified atom stereocenters. The average molecular weight is 397 g/mol. The van der Waals surface area contributed by atoms with Gasteiger partial charge in [-0.05, 0) is 24.3 Å². The summed E-state index contributed by atoms with van der Waals surface area (Å²) >= 11 is 0. The molecule has 0 saturated heterocycles. The predicted molar refractivity (Wildman–Crippen MR) is 89.0 cm³/mol. The molecule has 0 aliphatic rings. The second-order valence-corrected chi connectivity index (χ2v) is 5.70. The first-order valence-corrected chi connectivity index (χ1v) is 7.67. The van der Waals surface area contributed by atoms with Crippen molar-refractivity contribution >= 4 is 17.2 Å². The number of aryl methyl sites for hydroxylation is 1. The zero-order valence-electron chi connectivity index (χ0n) is 14.2. The highest BCUT2D eigenvalue weighted by atomic mass is 35.5. The van der Waals surface area contributed by atoms with E-state index in [1.54, 1.807) is 4.68 Å². The highest BCUT2D eigenvalue weighted by molar-refractivity contribution is 5.56. The van der Waals surface area contributed by atoms with Gasteiger partial charge in [0.1, 0.15) is 18.6 Å². The molecule has 3 aromatic rings. The van der Waals surface area contributed by atoms with Gasteiger partial charge in [0.15, 0.2) is 12.4 Å². The molecule has 0 atom stereocenters. The Labute approximate surface area is 159 Å². The number of hydrogen-bond acceptors (Lipinski definition) is 4. The largest absolute Gasteiger partial charge is 1.00 e. The summed E-state index contributed by atoms with van der Waals surface area (Å²) < 4.78 is 41.6. The molecule has 0 saturated carbocycles. The van der Waals surface area contributed by atoms with Crippen LogP contribution in [-0.4, -0.2) is 9.78 Å². The Morgan fingerprint density at radius 1 is 1.19 bits per heavy atom. The minimum Gasteiger partial charge on any atom is -1.00 e. The zero-order chi connectivity index (χ0) is 18.7. The summed E-state index contributed by atoms with van der Waals surface area (Å²) in [5.74, 6) is 0.284. The summed E-state index contributed by atoms with van der Waals surface area (Å²) in [5.41, 5.74) is 6.60. The summed E-state index contributed by atoms with van der Waals surface area (Å²) in [6, 6.07) is 8.45. The van der Waals surface area contributed by atoms with E-state index in [1.807, 2.05) is 36.1 Å². The topological polar surface area (TPSA) is 72.4 Å². The van der Waals surface area contributed by atoms with Gasteiger partial charge < -0.3 is 18.1 Å². The van der Waals surface area contributed by atoms with E-state index in [0.717, 1.165) is 17.7 Å². The maximum atomic E-state index is 12.7. The van der Waals surface area contributed by atoms with Crippen molar-refractivity contribution in [3.63, 3.8) is 0 Å². The van der Waals surface area contributed by atoms with Crippen molar-refractivity contribution in [2.45, 2.75) is 12.7 Å². The van der Waals surface area contributed by atoms with Gasteiger partial charge >= 0.3 is 6.18 Å². The lowest BCUT2D eigenvalue weighted by Crippen LogP contribution is -3.00. The highest BCUT2D eigenvalue weighted by Crippen LogP contribution is 2.32. The number of halogens is 4. The van der Waals surface area contributed by atoms with Crippen molar-refractivity contribution in [3.05, 3.63) is 66.1 Å². The van der Waals surface area contributed by atoms with Crippen LogP contribution in [0, 0.1) is 0 Å². The Kier molecular flexibility index (Phi) is 6.17. The lowest BCUT2D eigenvalue weighted by molar-refractivity contribution is -0.671. The molecule has 142 valence electrons. The lowest BCUT2D eigenvalue weighted by Gasteiger charge is -2.06. The summed E-state index contributed by atoms with van der Waals surface area (Å²) in [4.78, 5) is 0. The fourth-order valence-electron chi connectivity index (χ4n) is 2.36. The third kappa shape index (κ3) is 5.04. The first kappa shape index (κ1) is 20.4. The van der Waals surface area contributed by atoms with Crippen LogP contribution in [0.4, 0.5) is 30.4 Å². The van der Waals surface area contributed by atoms with Crippen LogP contribution in [0.1, 0.15) is 11.1 Å². The second-order valence-electron chi connectivity index (χ2n) is 5.70. The summed E-state index contributed by atoms with van der Waals surface area (Å²) in [7, 11) is 1.91. The highest BCUT2D eigenvalue weighted by Gasteiger charge is 2.30. The number of rotatable bonds is 4. The number of nitrogen functional groups attached to an aromatic ring is 1. The Morgan fingerprint density at radius 3 is 2.67 bits per heavy atom. The summed E-state index contributed by atoms with van der Waals surface area (Å²) in [6.07, 6.45) is 0.840. The molecule has 10 heteroatoms. The number of alkyl halides is 3. The van der Waals surface area contributed by atoms with Crippen LogP contribution < -0.4 is 22.7 Å². The molecule has 27 heavy (non-hydrogen) atoms. The lowest BCUT2D eigenvalue weighted by atomic mass is 10.2. The van der Waals surface area contributed by atoms with Crippen LogP contribution in [0.2, 0.25) is 0 Å². The molecular formula is C17H16ClF3N6. The van der Waals surface area contributed by atoms with Crippen molar-refractivity contribution in [1.82, 2.24) is 9.78 Å². The van der Waals surface area contributed by atoms with E-state index in [1.165, 1.54) is 18.3 Å². The SMILES string of the molecule is C[n+]1cccc(Cn2ncc(N=Nc3cccc(C(F)(F)F)c3)c2N)c1.[Cl-]. The van der Waals surface area contributed by atoms with Gasteiger partial charge in [0.25, 0.3) is 0 Å². The predicted octanol–water partition coefficient (Wildman–Crippen LogP) is 0.776. The van der Waals surface area contributed by atoms with E-state index in [9.17, 15) is 13.2 Å². The van der Waals surface area contributed by atoms with Gasteiger partial charge in [0, 0.05) is 11.6 Å². The number of nitrogens with zero attached hydrogens (tertiary/aromatic N) is 5. The van der Waals surface area contributed by atoms with Crippen LogP contribution in [-0.2, 0) is 19.8 Å². The van der Waals surface area contributed by atoms with Crippen molar-refractivity contribution < 1.29 is 30.1 Å². The van der Waals surface area contributed by atoms with Crippen molar-refractivity contribution in [1.29, 1.82) is 0 Å². The van der Waals surface area contributed by atoms with Crippen molar-refractivity contribution in [2.75, 3.05) is 5.73 Å². The zero-order valence-corrected chi connectivity index (χ0v) is 15.0. The molecule has 2 aromatic heterocycles. The minimum atomic E-state index is -4.43. The monoisotopic (exact) mass is 396 g/mol. The molecule has 6 nitrogen and oxygen atoms in total. The maximum Gasteiger partial charge on any atom is 0.416 e. The van der Waals surface area contributed by atoms with Gasteiger partial charge in [-0.3, -0.25) is 0 Å². The van der Waals surface area contributed by atoms with E-state index in [4.69, 9.17) is 5.73 Å². The van der Waals surface area contributed by atoms with E-state index in [-0.39, 0.29) is 23.9 Å². The maximum absolute atomic E-state index is 12.7. The molecule has 0 aliphatic carbocycles. The number of aromatic nitrogens is 3. The van der Waals surface area contributed by atoms with Crippen molar-refractivity contribution in [2.24, 2.45) is 17.3 Å². The molecule has 0 bridgehead atoms. The first-order chi connectivity index (χ1) is 12.3. The number of nitrogens with two attached hydrogens (primary N) is 1. The van der Waals surface area contributed by atoms with E-state index in [0.29, 0.717) is 12.2 Å². The fourth-order valence-corrected chi connectivity index (χ4v) is 2.36. The van der Waals surface area contributed by atoms with E-state index < -0.39 is 11.7 Å². The molecular weight excluding hydrogens is 381 g/mol. The number of anilines is 1. The Balaban J connectivity index is 0.00000261. The smallest absolute Gasteiger partial charge is 0.416 e. The van der Waals surface area contributed by atoms with Crippen LogP contribution >= 0.6 is 0 Å². The average Bonchev–Trinajstić information content (AvgIpc) is 2.93. The number of benzene rings is 1. The molecule has 0 amide bonds. The third-order valence-electron chi connectivity index (χ3n) is 3.64. The normalized spacial score (nSPS) is 11.6. The van der Waals surface area contributed by atoms with Crippen LogP contribution in [0.3, 0.4) is 0 Å². The van der Waals surface area contributed by atoms with Crippen LogP contribution in [0.15, 0.2) is 65.2 Å². The Morgan fingerprint density at radius 2 is 1.96 bits per heavy atom. The quantitative estimate of drug-likeness (QED) is 0.523. The van der Waals surface area contributed by atoms with Gasteiger partial charge in [0.05, 0.1) is 24.0 Å². The number of pyridine rings is 1. The van der Waals surface area contributed by atoms with Gasteiger partial charge in [-0.2, -0.15) is 23.4 Å². The summed E-state index contributed by atoms with van der Waals surface area (Å²) in [5, 5.41) is 11.9. The third-order valence-corrected chi connectivity index (χ3v) is 3.64. The molecule has 0 spiro atoms. The number of hydrogen-bond donors (Lipinski definition) is 1. The fraction of sp³-hybridized carbons (Fsp3) is 0.176. The van der Waals surface area contributed by atoms with E-state index in [2.05, 4.69) is 15.3 Å². The standard InChI is InChI=1S/C17H16F3N6.ClH/c1-25-7-3-4-12(10-25)11-26-16(21)15(9-22-26)24-23-14-6-2-5-13(8-14)17(18,19)20;/h2-10H,11,21H2,1H3;1H/q+1;/p-1. The molecule has 0 aliphatic heterocycles. The van der Waals surface area contributed by atoms with Crippen LogP contribution in [0.5, 0.6) is 0 Å². The molecule has 1 aromatic carbocycles. The summed E-state index contributed by atoms with van der Waals surface area (Å²) in [6.45, 7) is 0.444. The second kappa shape index (κ2) is 8.17. The molecule has 0 radical (unpaired) electrons. The van der Waals surface area contributed by atoms with Gasteiger partial charge in [0.2, 0.25) is 0 Å². The number of azo groups is 1. The van der Waals surface area contributed by atoms with Gasteiger partial charge in [-0.15, -0.1) is 5.11 Å². The molecule has 2 N–H and O–H groups in total. The first-order valence-electron chi connectivity index (χ1n) is 7.67. The minimum absolute atomic E-state index is 0. The van der Waals surface area contributed by atoms with Crippen molar-refractivity contribution in [3.8, 4) is 0 Å². The molecule has 0 fully saturated rings. The Bertz CT molecular complexity index is 952. The van der Waals surface area contributed by atoms with Crippen LogP contribution in [0.25, 0.3) is 0 Å².